The van der Waals surface area contributed by atoms with E-state index in [2.05, 4.69) is 23.8 Å². The molecule has 0 amide bonds. The number of piperazine rings is 1. The molecule has 1 atom stereocenters. The minimum Gasteiger partial charge on any atom is -0.330 e. The van der Waals surface area contributed by atoms with Crippen molar-refractivity contribution in [1.29, 1.82) is 0 Å². The maximum absolute atomic E-state index is 5.68. The Morgan fingerprint density at radius 2 is 2.07 bits per heavy atom. The third kappa shape index (κ3) is 2.71. The summed E-state index contributed by atoms with van der Waals surface area (Å²) in [5.74, 6) is 0. The summed E-state index contributed by atoms with van der Waals surface area (Å²) in [5.41, 5.74) is 6.30. The van der Waals surface area contributed by atoms with E-state index in [0.717, 1.165) is 6.54 Å². The van der Waals surface area contributed by atoms with Gasteiger partial charge in [0.2, 0.25) is 0 Å². The van der Waals surface area contributed by atoms with Gasteiger partial charge in [0.1, 0.15) is 0 Å². The lowest BCUT2D eigenvalue weighted by atomic mass is 10.0. The molecule has 2 rings (SSSR count). The standard InChI is InChI=1S/C12H25N3/c1-11-9-15(8-7-14(11)2)10-12(3-4-12)5-6-13/h11H,3-10,13H2,1-2H3. The average molecular weight is 211 g/mol. The van der Waals surface area contributed by atoms with Crippen LogP contribution in [0.5, 0.6) is 0 Å². The van der Waals surface area contributed by atoms with E-state index >= 15 is 0 Å². The SMILES string of the molecule is CC1CN(CC2(CCN)CC2)CCN1C. The summed E-state index contributed by atoms with van der Waals surface area (Å²) in [6, 6.07) is 0.715. The maximum atomic E-state index is 5.68. The molecule has 3 heteroatoms. The zero-order valence-electron chi connectivity index (χ0n) is 10.2. The molecule has 0 bridgehead atoms. The summed E-state index contributed by atoms with van der Waals surface area (Å²) in [6.45, 7) is 8.19. The van der Waals surface area contributed by atoms with E-state index in [1.165, 1.54) is 45.4 Å². The molecular weight excluding hydrogens is 186 g/mol. The summed E-state index contributed by atoms with van der Waals surface area (Å²) in [5, 5.41) is 0. The molecule has 88 valence electrons. The molecule has 0 aromatic heterocycles. The molecule has 1 unspecified atom stereocenters. The van der Waals surface area contributed by atoms with Crippen molar-refractivity contribution in [3.63, 3.8) is 0 Å². The molecule has 2 N–H and O–H groups in total. The van der Waals surface area contributed by atoms with Gasteiger partial charge in [-0.3, -0.25) is 4.90 Å². The van der Waals surface area contributed by atoms with Gasteiger partial charge in [0, 0.05) is 32.2 Å². The quantitative estimate of drug-likeness (QED) is 0.745. The minimum atomic E-state index is 0.615. The number of rotatable bonds is 4. The summed E-state index contributed by atoms with van der Waals surface area (Å²) in [6.07, 6.45) is 4.05. The van der Waals surface area contributed by atoms with Crippen molar-refractivity contribution in [1.82, 2.24) is 9.80 Å². The monoisotopic (exact) mass is 211 g/mol. The van der Waals surface area contributed by atoms with Crippen LogP contribution in [-0.4, -0.2) is 55.6 Å². The van der Waals surface area contributed by atoms with E-state index in [1.54, 1.807) is 0 Å². The Hall–Kier alpha value is -0.120. The normalized spacial score (nSPS) is 31.8. The van der Waals surface area contributed by atoms with Gasteiger partial charge in [-0.1, -0.05) is 0 Å². The van der Waals surface area contributed by atoms with Gasteiger partial charge < -0.3 is 10.6 Å². The van der Waals surface area contributed by atoms with E-state index in [-0.39, 0.29) is 0 Å². The van der Waals surface area contributed by atoms with Crippen molar-refractivity contribution >= 4 is 0 Å². The van der Waals surface area contributed by atoms with Gasteiger partial charge in [-0.25, -0.2) is 0 Å². The lowest BCUT2D eigenvalue weighted by molar-refractivity contribution is 0.0871. The molecule has 0 aromatic rings. The first-order valence-corrected chi connectivity index (χ1v) is 6.28. The van der Waals surface area contributed by atoms with Crippen molar-refractivity contribution in [2.45, 2.75) is 32.2 Å². The molecule has 1 saturated carbocycles. The molecule has 1 aliphatic heterocycles. The Bertz CT molecular complexity index is 213. The number of hydrogen-bond acceptors (Lipinski definition) is 3. The Morgan fingerprint density at radius 3 is 2.60 bits per heavy atom. The van der Waals surface area contributed by atoms with Gasteiger partial charge in [-0.15, -0.1) is 0 Å². The predicted molar refractivity (Wildman–Crippen MR) is 63.9 cm³/mol. The number of hydrogen-bond donors (Lipinski definition) is 1. The Morgan fingerprint density at radius 1 is 1.33 bits per heavy atom. The Balaban J connectivity index is 1.80. The van der Waals surface area contributed by atoms with E-state index in [9.17, 15) is 0 Å². The van der Waals surface area contributed by atoms with Crippen LogP contribution in [-0.2, 0) is 0 Å². The third-order valence-electron chi connectivity index (χ3n) is 4.23. The van der Waals surface area contributed by atoms with Gasteiger partial charge >= 0.3 is 0 Å². The minimum absolute atomic E-state index is 0.615. The number of nitrogens with zero attached hydrogens (tertiary/aromatic N) is 2. The molecule has 1 heterocycles. The van der Waals surface area contributed by atoms with E-state index in [4.69, 9.17) is 5.73 Å². The fourth-order valence-electron chi connectivity index (χ4n) is 2.71. The zero-order chi connectivity index (χ0) is 10.9. The van der Waals surface area contributed by atoms with Crippen molar-refractivity contribution in [2.75, 3.05) is 39.8 Å². The largest absolute Gasteiger partial charge is 0.330 e. The van der Waals surface area contributed by atoms with Gasteiger partial charge in [-0.05, 0) is 45.2 Å². The maximum Gasteiger partial charge on any atom is 0.0192 e. The molecule has 1 saturated heterocycles. The van der Waals surface area contributed by atoms with E-state index in [1.807, 2.05) is 0 Å². The topological polar surface area (TPSA) is 32.5 Å². The highest BCUT2D eigenvalue weighted by molar-refractivity contribution is 4.96. The third-order valence-corrected chi connectivity index (χ3v) is 4.23. The van der Waals surface area contributed by atoms with Crippen LogP contribution >= 0.6 is 0 Å². The van der Waals surface area contributed by atoms with Gasteiger partial charge in [-0.2, -0.15) is 0 Å². The van der Waals surface area contributed by atoms with Gasteiger partial charge in [0.05, 0.1) is 0 Å². The molecule has 15 heavy (non-hydrogen) atoms. The van der Waals surface area contributed by atoms with Crippen LogP contribution in [0.1, 0.15) is 26.2 Å². The van der Waals surface area contributed by atoms with E-state index in [0.29, 0.717) is 11.5 Å². The Kier molecular flexibility index (Phi) is 3.33. The van der Waals surface area contributed by atoms with Crippen LogP contribution in [0.2, 0.25) is 0 Å². The molecule has 0 aromatic carbocycles. The first kappa shape index (κ1) is 11.4. The van der Waals surface area contributed by atoms with E-state index < -0.39 is 0 Å². The van der Waals surface area contributed by atoms with Crippen molar-refractivity contribution in [3.8, 4) is 0 Å². The zero-order valence-corrected chi connectivity index (χ0v) is 10.2. The van der Waals surface area contributed by atoms with Crippen LogP contribution < -0.4 is 5.73 Å². The van der Waals surface area contributed by atoms with Crippen LogP contribution in [0.4, 0.5) is 0 Å². The second-order valence-corrected chi connectivity index (χ2v) is 5.60. The molecular formula is C12H25N3. The number of likely N-dealkylation sites (N-methyl/N-ethyl adjacent to an activating group) is 1. The highest BCUT2D eigenvalue weighted by Crippen LogP contribution is 2.49. The summed E-state index contributed by atoms with van der Waals surface area (Å²) < 4.78 is 0. The van der Waals surface area contributed by atoms with Crippen LogP contribution in [0.3, 0.4) is 0 Å². The van der Waals surface area contributed by atoms with Crippen molar-refractivity contribution in [2.24, 2.45) is 11.1 Å². The second kappa shape index (κ2) is 4.40. The highest BCUT2D eigenvalue weighted by atomic mass is 15.3. The van der Waals surface area contributed by atoms with Crippen molar-refractivity contribution < 1.29 is 0 Å². The van der Waals surface area contributed by atoms with Crippen LogP contribution in [0.25, 0.3) is 0 Å². The fraction of sp³-hybridized carbons (Fsp3) is 1.00. The second-order valence-electron chi connectivity index (χ2n) is 5.60. The Labute approximate surface area is 93.6 Å². The summed E-state index contributed by atoms with van der Waals surface area (Å²) in [4.78, 5) is 5.10. The van der Waals surface area contributed by atoms with Crippen LogP contribution in [0, 0.1) is 5.41 Å². The fourth-order valence-corrected chi connectivity index (χ4v) is 2.71. The average Bonchev–Trinajstić information content (AvgIpc) is 2.92. The molecule has 2 aliphatic rings. The molecule has 0 radical (unpaired) electrons. The number of nitrogens with two attached hydrogens (primary N) is 1. The smallest absolute Gasteiger partial charge is 0.0192 e. The molecule has 1 aliphatic carbocycles. The van der Waals surface area contributed by atoms with Crippen molar-refractivity contribution in [3.05, 3.63) is 0 Å². The highest BCUT2D eigenvalue weighted by Gasteiger charge is 2.43. The summed E-state index contributed by atoms with van der Waals surface area (Å²) in [7, 11) is 2.23. The van der Waals surface area contributed by atoms with Crippen LogP contribution in [0.15, 0.2) is 0 Å². The van der Waals surface area contributed by atoms with Gasteiger partial charge in [0.15, 0.2) is 0 Å². The molecule has 2 fully saturated rings. The lowest BCUT2D eigenvalue weighted by Crippen LogP contribution is -2.51. The molecule has 0 spiro atoms. The predicted octanol–water partition coefficient (Wildman–Crippen LogP) is 0.751. The first-order valence-electron chi connectivity index (χ1n) is 6.28. The first-order chi connectivity index (χ1) is 7.15. The molecule has 3 nitrogen and oxygen atoms in total. The summed E-state index contributed by atoms with van der Waals surface area (Å²) >= 11 is 0. The lowest BCUT2D eigenvalue weighted by Gasteiger charge is -2.39. The van der Waals surface area contributed by atoms with Gasteiger partial charge in [0.25, 0.3) is 0 Å².